The lowest BCUT2D eigenvalue weighted by molar-refractivity contribution is 0.0566. The zero-order chi connectivity index (χ0) is 13.1. The maximum atomic E-state index is 11.3. The quantitative estimate of drug-likeness (QED) is 0.643. The number of hydrogen-bond donors (Lipinski definition) is 1. The summed E-state index contributed by atoms with van der Waals surface area (Å²) in [6.45, 7) is 7.39. The Hall–Kier alpha value is -1.61. The number of ether oxygens (including phenoxy) is 1. The van der Waals surface area contributed by atoms with Gasteiger partial charge in [-0.3, -0.25) is 0 Å². The molecule has 0 amide bonds. The van der Waals surface area contributed by atoms with E-state index in [0.29, 0.717) is 12.0 Å². The molecule has 0 aliphatic heterocycles. The molecular formula is C14H18O3. The minimum atomic E-state index is -0.958. The molecule has 92 valence electrons. The van der Waals surface area contributed by atoms with E-state index in [0.717, 1.165) is 11.1 Å². The molecule has 0 heterocycles. The SMILES string of the molecule is C=C(C)C[C@](C)(O)c1ccc(C(=O)OC)cc1. The fraction of sp³-hybridized carbons (Fsp3) is 0.357. The van der Waals surface area contributed by atoms with Crippen LogP contribution in [0.15, 0.2) is 36.4 Å². The van der Waals surface area contributed by atoms with Crippen LogP contribution in [0.3, 0.4) is 0 Å². The van der Waals surface area contributed by atoms with Gasteiger partial charge in [-0.25, -0.2) is 4.79 Å². The van der Waals surface area contributed by atoms with Gasteiger partial charge in [0, 0.05) is 6.42 Å². The topological polar surface area (TPSA) is 46.5 Å². The lowest BCUT2D eigenvalue weighted by Crippen LogP contribution is -2.21. The van der Waals surface area contributed by atoms with Crippen molar-refractivity contribution in [1.82, 2.24) is 0 Å². The molecule has 0 aliphatic carbocycles. The van der Waals surface area contributed by atoms with Crippen molar-refractivity contribution in [2.24, 2.45) is 0 Å². The summed E-state index contributed by atoms with van der Waals surface area (Å²) < 4.78 is 4.61. The van der Waals surface area contributed by atoms with E-state index in [-0.39, 0.29) is 5.97 Å². The fourth-order valence-corrected chi connectivity index (χ4v) is 1.77. The number of carbonyl (C=O) groups excluding carboxylic acids is 1. The first-order chi connectivity index (χ1) is 7.86. The Labute approximate surface area is 102 Å². The zero-order valence-electron chi connectivity index (χ0n) is 10.5. The van der Waals surface area contributed by atoms with Gasteiger partial charge in [0.2, 0.25) is 0 Å². The highest BCUT2D eigenvalue weighted by Gasteiger charge is 2.23. The van der Waals surface area contributed by atoms with E-state index in [9.17, 15) is 9.90 Å². The number of benzene rings is 1. The number of rotatable bonds is 4. The monoisotopic (exact) mass is 234 g/mol. The molecule has 0 aliphatic rings. The lowest BCUT2D eigenvalue weighted by Gasteiger charge is -2.24. The van der Waals surface area contributed by atoms with Gasteiger partial charge in [0.05, 0.1) is 18.3 Å². The summed E-state index contributed by atoms with van der Waals surface area (Å²) in [5.74, 6) is -0.379. The Morgan fingerprint density at radius 3 is 2.35 bits per heavy atom. The molecule has 0 unspecified atom stereocenters. The molecule has 0 saturated carbocycles. The van der Waals surface area contributed by atoms with Crippen molar-refractivity contribution in [1.29, 1.82) is 0 Å². The summed E-state index contributed by atoms with van der Waals surface area (Å²) >= 11 is 0. The van der Waals surface area contributed by atoms with E-state index in [1.807, 2.05) is 6.92 Å². The minimum Gasteiger partial charge on any atom is -0.465 e. The Kier molecular flexibility index (Phi) is 4.07. The van der Waals surface area contributed by atoms with E-state index in [4.69, 9.17) is 0 Å². The van der Waals surface area contributed by atoms with Crippen LogP contribution in [0.4, 0.5) is 0 Å². The Balaban J connectivity index is 2.94. The van der Waals surface area contributed by atoms with Crippen LogP contribution in [-0.4, -0.2) is 18.2 Å². The number of methoxy groups -OCH3 is 1. The van der Waals surface area contributed by atoms with Gasteiger partial charge in [-0.05, 0) is 31.5 Å². The molecule has 0 aromatic heterocycles. The lowest BCUT2D eigenvalue weighted by atomic mass is 9.89. The molecule has 1 aromatic rings. The fourth-order valence-electron chi connectivity index (χ4n) is 1.77. The van der Waals surface area contributed by atoms with E-state index < -0.39 is 5.60 Å². The van der Waals surface area contributed by atoms with Gasteiger partial charge < -0.3 is 9.84 Å². The molecule has 0 spiro atoms. The zero-order valence-corrected chi connectivity index (χ0v) is 10.5. The molecule has 17 heavy (non-hydrogen) atoms. The second-order valence-electron chi connectivity index (χ2n) is 4.48. The third kappa shape index (κ3) is 3.43. The normalized spacial score (nSPS) is 13.9. The van der Waals surface area contributed by atoms with Gasteiger partial charge in [-0.15, -0.1) is 6.58 Å². The molecule has 1 N–H and O–H groups in total. The molecule has 0 fully saturated rings. The molecule has 3 nitrogen and oxygen atoms in total. The number of aliphatic hydroxyl groups is 1. The van der Waals surface area contributed by atoms with Crippen LogP contribution in [0.1, 0.15) is 36.2 Å². The summed E-state index contributed by atoms with van der Waals surface area (Å²) in [6.07, 6.45) is 0.491. The standard InChI is InChI=1S/C14H18O3/c1-10(2)9-14(3,16)12-7-5-11(6-8-12)13(15)17-4/h5-8,16H,1,9H2,2-4H3/t14-/m0/s1. The molecule has 1 aromatic carbocycles. The summed E-state index contributed by atoms with van der Waals surface area (Å²) in [7, 11) is 1.34. The highest BCUT2D eigenvalue weighted by atomic mass is 16.5. The first kappa shape index (κ1) is 13.5. The van der Waals surface area contributed by atoms with Crippen LogP contribution in [0, 0.1) is 0 Å². The van der Waals surface area contributed by atoms with Crippen molar-refractivity contribution in [3.05, 3.63) is 47.5 Å². The number of carbonyl (C=O) groups is 1. The summed E-state index contributed by atoms with van der Waals surface area (Å²) in [5, 5.41) is 10.3. The predicted octanol–water partition coefficient (Wildman–Crippen LogP) is 2.65. The number of hydrogen-bond acceptors (Lipinski definition) is 3. The third-order valence-corrected chi connectivity index (χ3v) is 2.57. The second kappa shape index (κ2) is 5.15. The van der Waals surface area contributed by atoms with Crippen LogP contribution in [0.2, 0.25) is 0 Å². The van der Waals surface area contributed by atoms with Crippen molar-refractivity contribution in [3.8, 4) is 0 Å². The summed E-state index contributed by atoms with van der Waals surface area (Å²) in [6, 6.07) is 6.76. The average molecular weight is 234 g/mol. The van der Waals surface area contributed by atoms with Crippen LogP contribution in [-0.2, 0) is 10.3 Å². The van der Waals surface area contributed by atoms with Crippen LogP contribution < -0.4 is 0 Å². The Bertz CT molecular complexity index is 416. The maximum absolute atomic E-state index is 11.3. The van der Waals surface area contributed by atoms with E-state index in [1.165, 1.54) is 7.11 Å². The maximum Gasteiger partial charge on any atom is 0.337 e. The largest absolute Gasteiger partial charge is 0.465 e. The van der Waals surface area contributed by atoms with Crippen LogP contribution >= 0.6 is 0 Å². The van der Waals surface area contributed by atoms with E-state index in [2.05, 4.69) is 11.3 Å². The van der Waals surface area contributed by atoms with Gasteiger partial charge >= 0.3 is 5.97 Å². The van der Waals surface area contributed by atoms with Gasteiger partial charge in [-0.1, -0.05) is 17.7 Å². The first-order valence-electron chi connectivity index (χ1n) is 5.42. The minimum absolute atomic E-state index is 0.379. The second-order valence-corrected chi connectivity index (χ2v) is 4.48. The smallest absolute Gasteiger partial charge is 0.337 e. The molecule has 3 heteroatoms. The van der Waals surface area contributed by atoms with Crippen LogP contribution in [0.5, 0.6) is 0 Å². The molecule has 0 bridgehead atoms. The van der Waals surface area contributed by atoms with Crippen molar-refractivity contribution in [3.63, 3.8) is 0 Å². The highest BCUT2D eigenvalue weighted by molar-refractivity contribution is 5.89. The molecule has 0 saturated heterocycles. The van der Waals surface area contributed by atoms with Crippen molar-refractivity contribution < 1.29 is 14.6 Å². The molecule has 1 rings (SSSR count). The Morgan fingerprint density at radius 1 is 1.41 bits per heavy atom. The van der Waals surface area contributed by atoms with Crippen LogP contribution in [0.25, 0.3) is 0 Å². The van der Waals surface area contributed by atoms with Gasteiger partial charge in [0.1, 0.15) is 0 Å². The first-order valence-corrected chi connectivity index (χ1v) is 5.42. The average Bonchev–Trinajstić information content (AvgIpc) is 2.26. The molecule has 1 atom stereocenters. The van der Waals surface area contributed by atoms with Crippen molar-refractivity contribution >= 4 is 5.97 Å². The number of esters is 1. The third-order valence-electron chi connectivity index (χ3n) is 2.57. The predicted molar refractivity (Wildman–Crippen MR) is 66.8 cm³/mol. The molecular weight excluding hydrogens is 216 g/mol. The summed E-state index contributed by atoms with van der Waals surface area (Å²) in [4.78, 5) is 11.3. The van der Waals surface area contributed by atoms with Crippen molar-refractivity contribution in [2.75, 3.05) is 7.11 Å². The van der Waals surface area contributed by atoms with Gasteiger partial charge in [0.15, 0.2) is 0 Å². The summed E-state index contributed by atoms with van der Waals surface area (Å²) in [5.41, 5.74) is 1.18. The van der Waals surface area contributed by atoms with Crippen molar-refractivity contribution in [2.45, 2.75) is 25.9 Å². The highest BCUT2D eigenvalue weighted by Crippen LogP contribution is 2.27. The van der Waals surface area contributed by atoms with Gasteiger partial charge in [-0.2, -0.15) is 0 Å². The molecule has 0 radical (unpaired) electrons. The van der Waals surface area contributed by atoms with Gasteiger partial charge in [0.25, 0.3) is 0 Å². The van der Waals surface area contributed by atoms with E-state index >= 15 is 0 Å². The van der Waals surface area contributed by atoms with E-state index in [1.54, 1.807) is 31.2 Å². The Morgan fingerprint density at radius 2 is 1.94 bits per heavy atom.